The third-order valence-electron chi connectivity index (χ3n) is 3.06. The fraction of sp³-hybridized carbons (Fsp3) is 0.235. The highest BCUT2D eigenvalue weighted by Gasteiger charge is 2.06. The van der Waals surface area contributed by atoms with Gasteiger partial charge in [-0.2, -0.15) is 5.10 Å². The Morgan fingerprint density at radius 1 is 1.32 bits per heavy atom. The van der Waals surface area contributed by atoms with E-state index in [4.69, 9.17) is 14.3 Å². The Kier molecular flexibility index (Phi) is 6.73. The van der Waals surface area contributed by atoms with Crippen LogP contribution < -0.4 is 15.5 Å². The standard InChI is InChI=1S/C17H19N3O5/c1-12(21)17(23)20-19-9-13-4-6-14(7-5-13)25-11-16(22)18-10-15-3-2-8-24-15/h2-9,12,21H,10-11H2,1H3,(H,18,22)(H,20,23)/b19-9-/t12-/m1/s1. The van der Waals surface area contributed by atoms with Crippen LogP contribution in [0.1, 0.15) is 18.2 Å². The lowest BCUT2D eigenvalue weighted by Gasteiger charge is -2.07. The molecule has 2 rings (SSSR count). The number of nitrogens with one attached hydrogen (secondary N) is 2. The lowest BCUT2D eigenvalue weighted by Crippen LogP contribution is -2.28. The predicted octanol–water partition coefficient (Wildman–Crippen LogP) is 0.806. The van der Waals surface area contributed by atoms with Crippen LogP contribution in [-0.2, 0) is 16.1 Å². The summed E-state index contributed by atoms with van der Waals surface area (Å²) in [4.78, 5) is 22.8. The number of furan rings is 1. The van der Waals surface area contributed by atoms with Crippen LogP contribution in [0.4, 0.5) is 0 Å². The smallest absolute Gasteiger partial charge is 0.268 e. The van der Waals surface area contributed by atoms with Crippen LogP contribution in [0.3, 0.4) is 0 Å². The van der Waals surface area contributed by atoms with E-state index in [1.165, 1.54) is 13.1 Å². The molecule has 8 heteroatoms. The van der Waals surface area contributed by atoms with Gasteiger partial charge in [0.2, 0.25) is 0 Å². The highest BCUT2D eigenvalue weighted by molar-refractivity contribution is 5.84. The van der Waals surface area contributed by atoms with Crippen LogP contribution in [0, 0.1) is 0 Å². The zero-order chi connectivity index (χ0) is 18.1. The second-order valence-electron chi connectivity index (χ2n) is 5.12. The van der Waals surface area contributed by atoms with E-state index < -0.39 is 12.0 Å². The number of ether oxygens (including phenoxy) is 1. The number of hydrazone groups is 1. The zero-order valence-corrected chi connectivity index (χ0v) is 13.6. The number of rotatable bonds is 8. The van der Waals surface area contributed by atoms with Gasteiger partial charge in [-0.3, -0.25) is 9.59 Å². The number of hydrogen-bond acceptors (Lipinski definition) is 6. The molecule has 8 nitrogen and oxygen atoms in total. The minimum atomic E-state index is -1.12. The van der Waals surface area contributed by atoms with Crippen molar-refractivity contribution in [2.75, 3.05) is 6.61 Å². The molecule has 0 radical (unpaired) electrons. The monoisotopic (exact) mass is 345 g/mol. The molecule has 0 aliphatic carbocycles. The highest BCUT2D eigenvalue weighted by atomic mass is 16.5. The Morgan fingerprint density at radius 3 is 2.72 bits per heavy atom. The van der Waals surface area contributed by atoms with Crippen LogP contribution in [0.5, 0.6) is 5.75 Å². The molecule has 0 aliphatic rings. The normalized spacial score (nSPS) is 11.9. The second-order valence-corrected chi connectivity index (χ2v) is 5.12. The van der Waals surface area contributed by atoms with Crippen molar-refractivity contribution in [3.05, 3.63) is 54.0 Å². The fourth-order valence-electron chi connectivity index (χ4n) is 1.71. The molecule has 1 atom stereocenters. The molecule has 132 valence electrons. The van der Waals surface area contributed by atoms with Gasteiger partial charge in [-0.25, -0.2) is 5.43 Å². The number of amides is 2. The maximum absolute atomic E-state index is 11.7. The van der Waals surface area contributed by atoms with E-state index in [0.717, 1.165) is 5.56 Å². The van der Waals surface area contributed by atoms with Crippen molar-refractivity contribution in [2.45, 2.75) is 19.6 Å². The SMILES string of the molecule is C[C@@H](O)C(=O)N/N=C\c1ccc(OCC(=O)NCc2ccco2)cc1. The minimum Gasteiger partial charge on any atom is -0.484 e. The van der Waals surface area contributed by atoms with Gasteiger partial charge in [-0.1, -0.05) is 0 Å². The Labute approximate surface area is 144 Å². The Balaban J connectivity index is 1.73. The molecule has 0 fully saturated rings. The number of hydrogen-bond donors (Lipinski definition) is 3. The van der Waals surface area contributed by atoms with Crippen molar-refractivity contribution in [1.82, 2.24) is 10.7 Å². The summed E-state index contributed by atoms with van der Waals surface area (Å²) < 4.78 is 10.5. The van der Waals surface area contributed by atoms with E-state index in [9.17, 15) is 9.59 Å². The first kappa shape index (κ1) is 18.2. The van der Waals surface area contributed by atoms with Crippen LogP contribution in [-0.4, -0.2) is 35.8 Å². The Morgan fingerprint density at radius 2 is 2.08 bits per heavy atom. The van der Waals surface area contributed by atoms with Crippen molar-refractivity contribution in [1.29, 1.82) is 0 Å². The quantitative estimate of drug-likeness (QED) is 0.484. The topological polar surface area (TPSA) is 113 Å². The van der Waals surface area contributed by atoms with Gasteiger partial charge in [0.15, 0.2) is 6.61 Å². The summed E-state index contributed by atoms with van der Waals surface area (Å²) in [6, 6.07) is 10.3. The maximum atomic E-state index is 11.7. The van der Waals surface area contributed by atoms with Crippen LogP contribution >= 0.6 is 0 Å². The number of benzene rings is 1. The summed E-state index contributed by atoms with van der Waals surface area (Å²) >= 11 is 0. The Bertz CT molecular complexity index is 708. The van der Waals surface area contributed by atoms with Crippen LogP contribution in [0.15, 0.2) is 52.2 Å². The van der Waals surface area contributed by atoms with E-state index >= 15 is 0 Å². The molecule has 0 saturated heterocycles. The molecule has 1 heterocycles. The molecule has 0 bridgehead atoms. The van der Waals surface area contributed by atoms with Gasteiger partial charge in [-0.15, -0.1) is 0 Å². The third-order valence-corrected chi connectivity index (χ3v) is 3.06. The summed E-state index contributed by atoms with van der Waals surface area (Å²) in [5, 5.41) is 15.4. The molecule has 2 amide bonds. The van der Waals surface area contributed by atoms with Gasteiger partial charge in [0.1, 0.15) is 17.6 Å². The van der Waals surface area contributed by atoms with Gasteiger partial charge >= 0.3 is 0 Å². The number of nitrogens with zero attached hydrogens (tertiary/aromatic N) is 1. The lowest BCUT2D eigenvalue weighted by atomic mass is 10.2. The van der Waals surface area contributed by atoms with Crippen LogP contribution in [0.25, 0.3) is 0 Å². The summed E-state index contributed by atoms with van der Waals surface area (Å²) in [6.07, 6.45) is 1.85. The van der Waals surface area contributed by atoms with E-state index in [0.29, 0.717) is 18.1 Å². The van der Waals surface area contributed by atoms with E-state index in [-0.39, 0.29) is 12.5 Å². The molecule has 2 aromatic rings. The summed E-state index contributed by atoms with van der Waals surface area (Å²) in [6.45, 7) is 1.54. The van der Waals surface area contributed by atoms with Gasteiger partial charge in [-0.05, 0) is 48.9 Å². The highest BCUT2D eigenvalue weighted by Crippen LogP contribution is 2.11. The number of aliphatic hydroxyl groups excluding tert-OH is 1. The van der Waals surface area contributed by atoms with Crippen molar-refractivity contribution < 1.29 is 23.8 Å². The first-order valence-electron chi connectivity index (χ1n) is 7.57. The largest absolute Gasteiger partial charge is 0.484 e. The van der Waals surface area contributed by atoms with Crippen LogP contribution in [0.2, 0.25) is 0 Å². The van der Waals surface area contributed by atoms with Crippen molar-refractivity contribution in [2.24, 2.45) is 5.10 Å². The first-order valence-corrected chi connectivity index (χ1v) is 7.57. The molecule has 1 aromatic heterocycles. The van der Waals surface area contributed by atoms with E-state index in [2.05, 4.69) is 15.8 Å². The number of carbonyl (C=O) groups excluding carboxylic acids is 2. The fourth-order valence-corrected chi connectivity index (χ4v) is 1.71. The van der Waals surface area contributed by atoms with Crippen molar-refractivity contribution in [3.8, 4) is 5.75 Å². The first-order chi connectivity index (χ1) is 12.0. The zero-order valence-electron chi connectivity index (χ0n) is 13.6. The summed E-state index contributed by atoms with van der Waals surface area (Å²) in [5.74, 6) is 0.345. The summed E-state index contributed by atoms with van der Waals surface area (Å²) in [7, 11) is 0. The van der Waals surface area contributed by atoms with Gasteiger partial charge < -0.3 is 19.6 Å². The molecule has 25 heavy (non-hydrogen) atoms. The van der Waals surface area contributed by atoms with Gasteiger partial charge in [0.25, 0.3) is 11.8 Å². The molecular weight excluding hydrogens is 326 g/mol. The average Bonchev–Trinajstić information content (AvgIpc) is 3.12. The summed E-state index contributed by atoms with van der Waals surface area (Å²) in [5.41, 5.74) is 2.92. The third kappa shape index (κ3) is 6.48. The van der Waals surface area contributed by atoms with Crippen molar-refractivity contribution >= 4 is 18.0 Å². The van der Waals surface area contributed by atoms with E-state index in [1.54, 1.807) is 42.7 Å². The van der Waals surface area contributed by atoms with Gasteiger partial charge in [0, 0.05) is 0 Å². The molecule has 0 spiro atoms. The van der Waals surface area contributed by atoms with Gasteiger partial charge in [0.05, 0.1) is 19.0 Å². The van der Waals surface area contributed by atoms with E-state index in [1.807, 2.05) is 0 Å². The lowest BCUT2D eigenvalue weighted by molar-refractivity contribution is -0.128. The Hall–Kier alpha value is -3.13. The maximum Gasteiger partial charge on any atom is 0.268 e. The molecule has 0 saturated carbocycles. The molecule has 3 N–H and O–H groups in total. The molecular formula is C17H19N3O5. The molecule has 0 aliphatic heterocycles. The minimum absolute atomic E-state index is 0.113. The van der Waals surface area contributed by atoms with Crippen molar-refractivity contribution in [3.63, 3.8) is 0 Å². The number of carbonyl (C=O) groups is 2. The average molecular weight is 345 g/mol. The number of aliphatic hydroxyl groups is 1. The predicted molar refractivity (Wildman–Crippen MR) is 89.9 cm³/mol. The second kappa shape index (κ2) is 9.24. The molecule has 0 unspecified atom stereocenters. The molecule has 1 aromatic carbocycles.